The molecule has 5 nitrogen and oxygen atoms in total. The fourth-order valence-electron chi connectivity index (χ4n) is 3.53. The van der Waals surface area contributed by atoms with Crippen LogP contribution in [0.5, 0.6) is 0 Å². The summed E-state index contributed by atoms with van der Waals surface area (Å²) in [7, 11) is 0. The summed E-state index contributed by atoms with van der Waals surface area (Å²) < 4.78 is 0. The first-order valence-corrected chi connectivity index (χ1v) is 9.99. The summed E-state index contributed by atoms with van der Waals surface area (Å²) >= 11 is 0. The second kappa shape index (κ2) is 16.3. The number of hydrogen-bond acceptors (Lipinski definition) is 5. The van der Waals surface area contributed by atoms with E-state index in [0.717, 1.165) is 32.1 Å². The van der Waals surface area contributed by atoms with E-state index in [-0.39, 0.29) is 61.7 Å². The molecule has 1 rings (SSSR count). The maximum atomic E-state index is 11.0. The number of rotatable bonds is 13. The molecule has 1 saturated carbocycles. The third-order valence-corrected chi connectivity index (χ3v) is 5.15. The van der Waals surface area contributed by atoms with Crippen LogP contribution in [0.25, 0.3) is 0 Å². The van der Waals surface area contributed by atoms with Gasteiger partial charge in [0.1, 0.15) is 6.61 Å². The molecule has 1 fully saturated rings. The number of unbranched alkanes of at least 4 members (excludes halogenated alkanes) is 3. The van der Waals surface area contributed by atoms with Crippen LogP contribution in [0.3, 0.4) is 0 Å². The van der Waals surface area contributed by atoms with E-state index in [1.54, 1.807) is 6.08 Å². The normalized spacial score (nSPS) is 26.6. The van der Waals surface area contributed by atoms with Crippen molar-refractivity contribution in [1.82, 2.24) is 0 Å². The van der Waals surface area contributed by atoms with Gasteiger partial charge in [0, 0.05) is 62.8 Å². The van der Waals surface area contributed by atoms with E-state index in [4.69, 9.17) is 5.11 Å². The van der Waals surface area contributed by atoms with Crippen LogP contribution in [0.2, 0.25) is 0 Å². The first-order valence-electron chi connectivity index (χ1n) is 9.99. The Morgan fingerprint density at radius 2 is 1.89 bits per heavy atom. The van der Waals surface area contributed by atoms with Crippen molar-refractivity contribution in [3.63, 3.8) is 0 Å². The first kappa shape index (κ1) is 27.4. The van der Waals surface area contributed by atoms with Gasteiger partial charge in [0.25, 0.3) is 0 Å². The van der Waals surface area contributed by atoms with Gasteiger partial charge in [-0.25, -0.2) is 0 Å². The molecule has 1 aliphatic carbocycles. The average Bonchev–Trinajstić information content (AvgIpc) is 2.89. The quantitative estimate of drug-likeness (QED) is 0.194. The Morgan fingerprint density at radius 3 is 2.56 bits per heavy atom. The number of Topliss-reactive ketones (excluding diaryl/α,β-unsaturated/α-hetero) is 1. The topological polar surface area (TPSA) is 98.0 Å². The van der Waals surface area contributed by atoms with Gasteiger partial charge in [0.2, 0.25) is 0 Å². The van der Waals surface area contributed by atoms with E-state index in [2.05, 4.69) is 6.92 Å². The summed E-state index contributed by atoms with van der Waals surface area (Å²) in [5.41, 5.74) is 0. The van der Waals surface area contributed by atoms with Crippen molar-refractivity contribution in [2.75, 3.05) is 6.61 Å². The van der Waals surface area contributed by atoms with Gasteiger partial charge >= 0.3 is 0 Å². The Bertz CT molecular complexity index is 452. The second-order valence-corrected chi connectivity index (χ2v) is 7.36. The standard InChI is InChI=1S/C21H36O5.Ac/c1-2-3-6-9-16(23)12-13-19-18(20(25)14-21(19)26)11-8-5-4-7-10-17(24)15-22;/h5,8,12-13,16,18-23,25-26H,2-4,6-7,9-11,14-15H2,1H3;/b8-5-,13-12+;/t16?,18-,19-,20?,21?;/m1./s1. The molecule has 0 saturated heterocycles. The van der Waals surface area contributed by atoms with E-state index in [1.165, 1.54) is 0 Å². The molecule has 0 spiro atoms. The van der Waals surface area contributed by atoms with Gasteiger partial charge in [0.05, 0.1) is 18.3 Å². The smallest absolute Gasteiger partial charge is 0.158 e. The van der Waals surface area contributed by atoms with Crippen LogP contribution >= 0.6 is 0 Å². The van der Waals surface area contributed by atoms with Crippen molar-refractivity contribution < 1.29 is 69.3 Å². The van der Waals surface area contributed by atoms with E-state index in [0.29, 0.717) is 25.7 Å². The van der Waals surface area contributed by atoms with Crippen molar-refractivity contribution in [2.45, 2.75) is 83.0 Å². The Labute approximate surface area is 199 Å². The summed E-state index contributed by atoms with van der Waals surface area (Å²) in [5.74, 6) is -0.346. The minimum Gasteiger partial charge on any atom is -0.393 e. The molecule has 3 unspecified atom stereocenters. The number of ketones is 1. The van der Waals surface area contributed by atoms with E-state index in [9.17, 15) is 20.1 Å². The molecule has 0 aromatic carbocycles. The largest absolute Gasteiger partial charge is 0.393 e. The zero-order chi connectivity index (χ0) is 19.4. The monoisotopic (exact) mass is 595 g/mol. The van der Waals surface area contributed by atoms with Crippen LogP contribution in [0.4, 0.5) is 0 Å². The maximum absolute atomic E-state index is 11.0. The van der Waals surface area contributed by atoms with E-state index < -0.39 is 24.9 Å². The summed E-state index contributed by atoms with van der Waals surface area (Å²) in [6.45, 7) is 1.73. The van der Waals surface area contributed by atoms with Gasteiger partial charge in [-0.2, -0.15) is 0 Å². The molecular formula is C21H36AcO5. The van der Waals surface area contributed by atoms with Gasteiger partial charge < -0.3 is 20.4 Å². The van der Waals surface area contributed by atoms with Crippen LogP contribution in [0, 0.1) is 55.9 Å². The Kier molecular flexibility index (Phi) is 16.5. The minimum absolute atomic E-state index is 0. The van der Waals surface area contributed by atoms with Crippen molar-refractivity contribution in [1.29, 1.82) is 0 Å². The SMILES string of the molecule is CCCCCC(O)/C=C/[C@H]1C(O)CC(O)[C@@H]1C/C=C\CCCC(=O)CO.[Ac]. The predicted octanol–water partition coefficient (Wildman–Crippen LogP) is 2.52. The number of carbonyl (C=O) groups is 1. The van der Waals surface area contributed by atoms with Crippen molar-refractivity contribution >= 4 is 5.78 Å². The number of allylic oxidation sites excluding steroid dienone is 2. The first-order chi connectivity index (χ1) is 12.5. The number of carbonyl (C=O) groups excluding carboxylic acids is 1. The Balaban J connectivity index is 0.00000676. The number of aliphatic hydroxyl groups is 4. The molecule has 0 aliphatic heterocycles. The van der Waals surface area contributed by atoms with E-state index in [1.807, 2.05) is 18.2 Å². The summed E-state index contributed by atoms with van der Waals surface area (Å²) in [6.07, 6.45) is 12.8. The van der Waals surface area contributed by atoms with Crippen LogP contribution in [-0.4, -0.2) is 51.1 Å². The molecule has 0 amide bonds. The Morgan fingerprint density at radius 1 is 1.15 bits per heavy atom. The summed E-state index contributed by atoms with van der Waals surface area (Å²) in [5, 5.41) is 39.1. The maximum Gasteiger partial charge on any atom is 0.158 e. The minimum atomic E-state index is -0.579. The van der Waals surface area contributed by atoms with Gasteiger partial charge in [-0.1, -0.05) is 50.5 Å². The molecule has 153 valence electrons. The van der Waals surface area contributed by atoms with Crippen molar-refractivity contribution in [3.8, 4) is 0 Å². The fraction of sp³-hybridized carbons (Fsp3) is 0.762. The van der Waals surface area contributed by atoms with Gasteiger partial charge in [-0.05, 0) is 31.6 Å². The second-order valence-electron chi connectivity index (χ2n) is 7.36. The van der Waals surface area contributed by atoms with Crippen molar-refractivity contribution in [3.05, 3.63) is 24.3 Å². The molecule has 1 aliphatic rings. The van der Waals surface area contributed by atoms with Crippen molar-refractivity contribution in [2.24, 2.45) is 11.8 Å². The molecule has 6 heteroatoms. The molecule has 0 heterocycles. The molecule has 27 heavy (non-hydrogen) atoms. The summed E-state index contributed by atoms with van der Waals surface area (Å²) in [6, 6.07) is 0. The van der Waals surface area contributed by atoms with Crippen LogP contribution < -0.4 is 0 Å². The predicted molar refractivity (Wildman–Crippen MR) is 103 cm³/mol. The van der Waals surface area contributed by atoms with E-state index >= 15 is 0 Å². The molecule has 0 aromatic heterocycles. The molecule has 4 N–H and O–H groups in total. The third kappa shape index (κ3) is 11.3. The zero-order valence-corrected chi connectivity index (χ0v) is 21.3. The zero-order valence-electron chi connectivity index (χ0n) is 16.5. The molecule has 0 bridgehead atoms. The average molecular weight is 596 g/mol. The Hall–Kier alpha value is 0.432. The van der Waals surface area contributed by atoms with Crippen LogP contribution in [0.1, 0.15) is 64.7 Å². The fourth-order valence-corrected chi connectivity index (χ4v) is 3.53. The molecule has 5 atom stereocenters. The number of aliphatic hydroxyl groups excluding tert-OH is 4. The van der Waals surface area contributed by atoms with Crippen LogP contribution in [0.15, 0.2) is 24.3 Å². The van der Waals surface area contributed by atoms with Crippen LogP contribution in [-0.2, 0) is 4.79 Å². The summed E-state index contributed by atoms with van der Waals surface area (Å²) in [4.78, 5) is 11.0. The third-order valence-electron chi connectivity index (χ3n) is 5.15. The van der Waals surface area contributed by atoms with Gasteiger partial charge in [0.15, 0.2) is 5.78 Å². The molecule has 0 aromatic rings. The van der Waals surface area contributed by atoms with Gasteiger partial charge in [-0.3, -0.25) is 4.79 Å². The molecular weight excluding hydrogens is 559 g/mol. The number of hydrogen-bond donors (Lipinski definition) is 4. The molecule has 1 radical (unpaired) electrons. The van der Waals surface area contributed by atoms with Gasteiger partial charge in [-0.15, -0.1) is 0 Å².